The van der Waals surface area contributed by atoms with E-state index in [2.05, 4.69) is 36.6 Å². The van der Waals surface area contributed by atoms with Crippen LogP contribution in [-0.2, 0) is 5.41 Å². The van der Waals surface area contributed by atoms with Gasteiger partial charge in [0.15, 0.2) is 0 Å². The molecular weight excluding hydrogens is 354 g/mol. The van der Waals surface area contributed by atoms with Crippen molar-refractivity contribution in [2.24, 2.45) is 5.84 Å². The van der Waals surface area contributed by atoms with Crippen molar-refractivity contribution in [3.05, 3.63) is 39.6 Å². The van der Waals surface area contributed by atoms with Crippen LogP contribution in [0.25, 0.3) is 0 Å². The Labute approximate surface area is 137 Å². The fourth-order valence-electron chi connectivity index (χ4n) is 1.65. The number of anilines is 3. The minimum Gasteiger partial charge on any atom is -0.339 e. The number of nitrogens with one attached hydrogen (secondary N) is 2. The van der Waals surface area contributed by atoms with Crippen LogP contribution in [0.5, 0.6) is 0 Å². The summed E-state index contributed by atoms with van der Waals surface area (Å²) in [5.41, 5.74) is 3.14. The Morgan fingerprint density at radius 2 is 1.81 bits per heavy atom. The number of hydrogen-bond donors (Lipinski definition) is 3. The molecule has 1 aromatic heterocycles. The smallest absolute Gasteiger partial charge is 0.145 e. The molecule has 0 atom stereocenters. The first kappa shape index (κ1) is 16.0. The second-order valence-corrected chi connectivity index (χ2v) is 6.93. The third-order valence-electron chi connectivity index (χ3n) is 2.74. The Kier molecular flexibility index (Phi) is 4.70. The Bertz CT molecular complexity index is 654. The molecule has 0 radical (unpaired) electrons. The molecule has 0 amide bonds. The fourth-order valence-corrected chi connectivity index (χ4v) is 2.37. The van der Waals surface area contributed by atoms with Gasteiger partial charge in [-0.1, -0.05) is 48.3 Å². The van der Waals surface area contributed by atoms with Gasteiger partial charge in [0.25, 0.3) is 0 Å². The molecule has 0 bridgehead atoms. The van der Waals surface area contributed by atoms with Gasteiger partial charge >= 0.3 is 0 Å². The van der Waals surface area contributed by atoms with Crippen molar-refractivity contribution in [2.75, 3.05) is 10.7 Å². The SMILES string of the molecule is CC(C)(C)c1nc(NN)cc(Nc2ccc(Br)cc2Cl)n1. The predicted molar refractivity (Wildman–Crippen MR) is 91.0 cm³/mol. The summed E-state index contributed by atoms with van der Waals surface area (Å²) >= 11 is 9.58. The minimum absolute atomic E-state index is 0.188. The van der Waals surface area contributed by atoms with Gasteiger partial charge in [-0.3, -0.25) is 0 Å². The number of hydrogen-bond acceptors (Lipinski definition) is 5. The first-order valence-corrected chi connectivity index (χ1v) is 7.55. The van der Waals surface area contributed by atoms with Gasteiger partial charge in [-0.25, -0.2) is 15.8 Å². The van der Waals surface area contributed by atoms with E-state index >= 15 is 0 Å². The van der Waals surface area contributed by atoms with Gasteiger partial charge in [0.1, 0.15) is 17.5 Å². The van der Waals surface area contributed by atoms with Crippen molar-refractivity contribution in [2.45, 2.75) is 26.2 Å². The van der Waals surface area contributed by atoms with E-state index in [0.717, 1.165) is 10.2 Å². The Hall–Kier alpha value is -1.37. The standard InChI is InChI=1S/C14H17BrClN5/c1-14(2,3)13-19-11(7-12(20-13)21-17)18-10-5-4-8(15)6-9(10)16/h4-7H,17H2,1-3H3,(H2,18,19,20,21). The lowest BCUT2D eigenvalue weighted by Crippen LogP contribution is -2.19. The van der Waals surface area contributed by atoms with Gasteiger partial charge in [0.2, 0.25) is 0 Å². The lowest BCUT2D eigenvalue weighted by molar-refractivity contribution is 0.547. The summed E-state index contributed by atoms with van der Waals surface area (Å²) in [5.74, 6) is 7.34. The summed E-state index contributed by atoms with van der Waals surface area (Å²) in [6.45, 7) is 6.12. The molecule has 21 heavy (non-hydrogen) atoms. The second-order valence-electron chi connectivity index (χ2n) is 5.61. The van der Waals surface area contributed by atoms with Crippen molar-refractivity contribution < 1.29 is 0 Å². The largest absolute Gasteiger partial charge is 0.339 e. The van der Waals surface area contributed by atoms with Crippen molar-refractivity contribution in [1.29, 1.82) is 0 Å². The number of hydrazine groups is 1. The molecular formula is C14H17BrClN5. The quantitative estimate of drug-likeness (QED) is 0.557. The number of nitrogens with two attached hydrogens (primary N) is 1. The number of aromatic nitrogens is 2. The zero-order chi connectivity index (χ0) is 15.6. The van der Waals surface area contributed by atoms with E-state index in [0.29, 0.717) is 22.5 Å². The molecule has 0 saturated heterocycles. The van der Waals surface area contributed by atoms with E-state index < -0.39 is 0 Å². The van der Waals surface area contributed by atoms with Gasteiger partial charge in [-0.2, -0.15) is 0 Å². The van der Waals surface area contributed by atoms with Gasteiger partial charge in [-0.15, -0.1) is 0 Å². The number of benzene rings is 1. The lowest BCUT2D eigenvalue weighted by Gasteiger charge is -2.19. The topological polar surface area (TPSA) is 75.9 Å². The average Bonchev–Trinajstić information content (AvgIpc) is 2.40. The molecule has 1 heterocycles. The minimum atomic E-state index is -0.188. The van der Waals surface area contributed by atoms with Crippen molar-refractivity contribution in [3.8, 4) is 0 Å². The summed E-state index contributed by atoms with van der Waals surface area (Å²) in [5, 5.41) is 3.79. The molecule has 2 rings (SSSR count). The van der Waals surface area contributed by atoms with Crippen LogP contribution in [0.2, 0.25) is 5.02 Å². The van der Waals surface area contributed by atoms with Gasteiger partial charge in [0, 0.05) is 16.0 Å². The van der Waals surface area contributed by atoms with Crippen LogP contribution in [0.1, 0.15) is 26.6 Å². The van der Waals surface area contributed by atoms with Crippen LogP contribution in [0.4, 0.5) is 17.3 Å². The van der Waals surface area contributed by atoms with Crippen LogP contribution in [0, 0.1) is 0 Å². The number of rotatable bonds is 3. The van der Waals surface area contributed by atoms with Crippen LogP contribution >= 0.6 is 27.5 Å². The first-order chi connectivity index (χ1) is 9.79. The molecule has 0 aliphatic rings. The maximum atomic E-state index is 6.21. The fraction of sp³-hybridized carbons (Fsp3) is 0.286. The molecule has 7 heteroatoms. The summed E-state index contributed by atoms with van der Waals surface area (Å²) < 4.78 is 0.917. The third kappa shape index (κ3) is 4.06. The van der Waals surface area contributed by atoms with E-state index in [9.17, 15) is 0 Å². The van der Waals surface area contributed by atoms with Gasteiger partial charge in [0.05, 0.1) is 10.7 Å². The molecule has 2 aromatic rings. The Balaban J connectivity index is 2.39. The van der Waals surface area contributed by atoms with E-state index in [1.165, 1.54) is 0 Å². The van der Waals surface area contributed by atoms with E-state index in [-0.39, 0.29) is 5.41 Å². The molecule has 1 aromatic carbocycles. The highest BCUT2D eigenvalue weighted by Crippen LogP contribution is 2.29. The highest BCUT2D eigenvalue weighted by molar-refractivity contribution is 9.10. The number of nitrogen functional groups attached to an aromatic ring is 1. The molecule has 0 aliphatic carbocycles. The summed E-state index contributed by atoms with van der Waals surface area (Å²) in [7, 11) is 0. The molecule has 0 aliphatic heterocycles. The number of halogens is 2. The van der Waals surface area contributed by atoms with E-state index in [1.807, 2.05) is 39.0 Å². The third-order valence-corrected chi connectivity index (χ3v) is 3.54. The molecule has 0 unspecified atom stereocenters. The van der Waals surface area contributed by atoms with Crippen molar-refractivity contribution in [1.82, 2.24) is 9.97 Å². The Morgan fingerprint density at radius 3 is 2.38 bits per heavy atom. The van der Waals surface area contributed by atoms with Gasteiger partial charge in [-0.05, 0) is 18.2 Å². The zero-order valence-corrected chi connectivity index (χ0v) is 14.4. The van der Waals surface area contributed by atoms with Crippen LogP contribution in [0.3, 0.4) is 0 Å². The highest BCUT2D eigenvalue weighted by atomic mass is 79.9. The summed E-state index contributed by atoms with van der Waals surface area (Å²) in [6, 6.07) is 7.33. The predicted octanol–water partition coefficient (Wildman–Crippen LogP) is 4.22. The molecule has 5 nitrogen and oxygen atoms in total. The molecule has 0 fully saturated rings. The maximum Gasteiger partial charge on any atom is 0.145 e. The van der Waals surface area contributed by atoms with Crippen LogP contribution in [0.15, 0.2) is 28.7 Å². The van der Waals surface area contributed by atoms with E-state index in [1.54, 1.807) is 6.07 Å². The summed E-state index contributed by atoms with van der Waals surface area (Å²) in [6.07, 6.45) is 0. The first-order valence-electron chi connectivity index (χ1n) is 6.38. The monoisotopic (exact) mass is 369 g/mol. The normalized spacial score (nSPS) is 11.3. The molecule has 0 saturated carbocycles. The average molecular weight is 371 g/mol. The molecule has 0 spiro atoms. The molecule has 4 N–H and O–H groups in total. The maximum absolute atomic E-state index is 6.21. The van der Waals surface area contributed by atoms with Gasteiger partial charge < -0.3 is 10.7 Å². The number of nitrogens with zero attached hydrogens (tertiary/aromatic N) is 2. The highest BCUT2D eigenvalue weighted by Gasteiger charge is 2.19. The summed E-state index contributed by atoms with van der Waals surface area (Å²) in [4.78, 5) is 8.90. The Morgan fingerprint density at radius 1 is 1.14 bits per heavy atom. The zero-order valence-electron chi connectivity index (χ0n) is 12.0. The van der Waals surface area contributed by atoms with Crippen LogP contribution in [-0.4, -0.2) is 9.97 Å². The van der Waals surface area contributed by atoms with Crippen LogP contribution < -0.4 is 16.6 Å². The molecule has 112 valence electrons. The second kappa shape index (κ2) is 6.17. The van der Waals surface area contributed by atoms with E-state index in [4.69, 9.17) is 17.4 Å². The van der Waals surface area contributed by atoms with Crippen molar-refractivity contribution >= 4 is 44.9 Å². The lowest BCUT2D eigenvalue weighted by atomic mass is 9.96. The van der Waals surface area contributed by atoms with Crippen molar-refractivity contribution in [3.63, 3.8) is 0 Å².